The third kappa shape index (κ3) is 3.18. The molecule has 3 rings (SSSR count). The van der Waals surface area contributed by atoms with Crippen molar-refractivity contribution in [3.8, 4) is 0 Å². The van der Waals surface area contributed by atoms with Crippen molar-refractivity contribution in [2.24, 2.45) is 0 Å². The van der Waals surface area contributed by atoms with E-state index in [2.05, 4.69) is 5.10 Å². The molecule has 5 nitrogen and oxygen atoms in total. The SMILES string of the molecule is O=C(NO)c1nn(Cc2ccc(Cl)cc2Cl)c2c(Cl)cc(Cl)cc12. The highest BCUT2D eigenvalue weighted by Crippen LogP contribution is 2.31. The van der Waals surface area contributed by atoms with Crippen molar-refractivity contribution in [3.05, 3.63) is 61.7 Å². The summed E-state index contributed by atoms with van der Waals surface area (Å²) in [5, 5.41) is 15.2. The number of benzene rings is 2. The Morgan fingerprint density at radius 1 is 1.08 bits per heavy atom. The summed E-state index contributed by atoms with van der Waals surface area (Å²) < 4.78 is 1.52. The first-order valence-electron chi connectivity index (χ1n) is 6.64. The minimum absolute atomic E-state index is 0.00184. The van der Waals surface area contributed by atoms with Crippen molar-refractivity contribution in [1.82, 2.24) is 15.3 Å². The Bertz CT molecular complexity index is 956. The van der Waals surface area contributed by atoms with Crippen LogP contribution < -0.4 is 5.48 Å². The van der Waals surface area contributed by atoms with E-state index in [9.17, 15) is 4.79 Å². The summed E-state index contributed by atoms with van der Waals surface area (Å²) >= 11 is 24.4. The fourth-order valence-corrected chi connectivity index (χ4v) is 3.44. The molecule has 3 aromatic rings. The van der Waals surface area contributed by atoms with E-state index in [0.29, 0.717) is 31.0 Å². The zero-order valence-electron chi connectivity index (χ0n) is 11.9. The first kappa shape index (κ1) is 17.3. The monoisotopic (exact) mass is 403 g/mol. The Morgan fingerprint density at radius 3 is 2.46 bits per heavy atom. The van der Waals surface area contributed by atoms with Gasteiger partial charge in [0, 0.05) is 20.5 Å². The molecule has 0 aliphatic carbocycles. The Hall–Kier alpha value is -1.50. The van der Waals surface area contributed by atoms with Gasteiger partial charge in [0.15, 0.2) is 5.69 Å². The first-order chi connectivity index (χ1) is 11.4. The van der Waals surface area contributed by atoms with E-state index in [-0.39, 0.29) is 12.2 Å². The number of nitrogens with one attached hydrogen (secondary N) is 1. The van der Waals surface area contributed by atoms with Gasteiger partial charge >= 0.3 is 0 Å². The summed E-state index contributed by atoms with van der Waals surface area (Å²) in [4.78, 5) is 11.9. The fraction of sp³-hybridized carbons (Fsp3) is 0.0667. The summed E-state index contributed by atoms with van der Waals surface area (Å²) in [7, 11) is 0. The first-order valence-corrected chi connectivity index (χ1v) is 8.16. The molecule has 0 fully saturated rings. The minimum Gasteiger partial charge on any atom is -0.288 e. The molecule has 24 heavy (non-hydrogen) atoms. The van der Waals surface area contributed by atoms with Gasteiger partial charge in [0.2, 0.25) is 0 Å². The van der Waals surface area contributed by atoms with Crippen LogP contribution in [-0.2, 0) is 6.54 Å². The van der Waals surface area contributed by atoms with Crippen LogP contribution in [-0.4, -0.2) is 20.9 Å². The highest BCUT2D eigenvalue weighted by molar-refractivity contribution is 6.39. The zero-order chi connectivity index (χ0) is 17.4. The Kier molecular flexibility index (Phi) is 4.90. The summed E-state index contributed by atoms with van der Waals surface area (Å²) in [6.45, 7) is 0.257. The number of hydrogen-bond donors (Lipinski definition) is 2. The van der Waals surface area contributed by atoms with E-state index in [1.807, 2.05) is 0 Å². The maximum atomic E-state index is 11.9. The number of amides is 1. The molecule has 2 N–H and O–H groups in total. The summed E-state index contributed by atoms with van der Waals surface area (Å²) in [5.41, 5.74) is 2.81. The van der Waals surface area contributed by atoms with Crippen LogP contribution in [0.3, 0.4) is 0 Å². The summed E-state index contributed by atoms with van der Waals surface area (Å²) in [6.07, 6.45) is 0. The van der Waals surface area contributed by atoms with Crippen LogP contribution in [0.5, 0.6) is 0 Å². The van der Waals surface area contributed by atoms with Crippen LogP contribution in [0, 0.1) is 0 Å². The van der Waals surface area contributed by atoms with Crippen LogP contribution in [0.25, 0.3) is 10.9 Å². The number of aromatic nitrogens is 2. The third-order valence-corrected chi connectivity index (χ3v) is 4.51. The molecule has 9 heteroatoms. The van der Waals surface area contributed by atoms with E-state index in [1.165, 1.54) is 4.68 Å². The highest BCUT2D eigenvalue weighted by atomic mass is 35.5. The van der Waals surface area contributed by atoms with Gasteiger partial charge in [-0.3, -0.25) is 14.7 Å². The second-order valence-corrected chi connectivity index (χ2v) is 6.65. The van der Waals surface area contributed by atoms with Gasteiger partial charge < -0.3 is 0 Å². The molecule has 0 unspecified atom stereocenters. The van der Waals surface area contributed by atoms with E-state index >= 15 is 0 Å². The summed E-state index contributed by atoms with van der Waals surface area (Å²) in [6, 6.07) is 8.18. The van der Waals surface area contributed by atoms with Crippen molar-refractivity contribution in [2.75, 3.05) is 0 Å². The molecule has 2 aromatic carbocycles. The number of halogens is 4. The normalized spacial score (nSPS) is 11.0. The smallest absolute Gasteiger partial charge is 0.288 e. The van der Waals surface area contributed by atoms with Gasteiger partial charge in [-0.25, -0.2) is 5.48 Å². The van der Waals surface area contributed by atoms with Crippen LogP contribution in [0.4, 0.5) is 0 Å². The number of rotatable bonds is 3. The van der Waals surface area contributed by atoms with Crippen LogP contribution >= 0.6 is 46.4 Å². The lowest BCUT2D eigenvalue weighted by Gasteiger charge is -2.07. The number of carbonyl (C=O) groups is 1. The highest BCUT2D eigenvalue weighted by Gasteiger charge is 2.20. The predicted octanol–water partition coefficient (Wildman–Crippen LogP) is 4.82. The molecule has 0 spiro atoms. The number of hydrogen-bond acceptors (Lipinski definition) is 3. The number of nitrogens with zero attached hydrogens (tertiary/aromatic N) is 2. The number of carbonyl (C=O) groups excluding carboxylic acids is 1. The molecular formula is C15H9Cl4N3O2. The Labute approximate surface area is 156 Å². The second-order valence-electron chi connectivity index (χ2n) is 4.97. The molecule has 0 atom stereocenters. The van der Waals surface area contributed by atoms with Gasteiger partial charge in [-0.1, -0.05) is 52.5 Å². The van der Waals surface area contributed by atoms with E-state index in [0.717, 1.165) is 5.56 Å². The fourth-order valence-electron chi connectivity index (χ4n) is 2.38. The molecule has 0 aliphatic heterocycles. The average molecular weight is 405 g/mol. The Balaban J connectivity index is 2.19. The van der Waals surface area contributed by atoms with Crippen LogP contribution in [0.1, 0.15) is 16.1 Å². The quantitative estimate of drug-likeness (QED) is 0.485. The average Bonchev–Trinajstić information content (AvgIpc) is 2.88. The van der Waals surface area contributed by atoms with E-state index in [1.54, 1.807) is 35.8 Å². The molecule has 0 radical (unpaired) electrons. The van der Waals surface area contributed by atoms with Gasteiger partial charge in [-0.2, -0.15) is 5.10 Å². The lowest BCUT2D eigenvalue weighted by atomic mass is 10.2. The maximum Gasteiger partial charge on any atom is 0.295 e. The summed E-state index contributed by atoms with van der Waals surface area (Å²) in [5.74, 6) is -0.765. The van der Waals surface area contributed by atoms with Crippen molar-refractivity contribution in [3.63, 3.8) is 0 Å². The Morgan fingerprint density at radius 2 is 1.79 bits per heavy atom. The van der Waals surface area contributed by atoms with Crippen LogP contribution in [0.2, 0.25) is 20.1 Å². The van der Waals surface area contributed by atoms with Crippen molar-refractivity contribution < 1.29 is 10.0 Å². The van der Waals surface area contributed by atoms with Gasteiger partial charge in [0.1, 0.15) is 0 Å². The van der Waals surface area contributed by atoms with Crippen LogP contribution in [0.15, 0.2) is 30.3 Å². The van der Waals surface area contributed by atoms with Gasteiger partial charge in [-0.05, 0) is 29.8 Å². The van der Waals surface area contributed by atoms with Crippen molar-refractivity contribution in [1.29, 1.82) is 0 Å². The standard InChI is InChI=1S/C15H9Cl4N3O2/c16-8-2-1-7(11(18)4-8)6-22-14-10(3-9(17)5-12(14)19)13(20-22)15(23)21-24/h1-5,24H,6H2,(H,21,23). The maximum absolute atomic E-state index is 11.9. The third-order valence-electron chi connectivity index (χ3n) is 3.41. The molecule has 1 aromatic heterocycles. The van der Waals surface area contributed by atoms with E-state index < -0.39 is 5.91 Å². The largest absolute Gasteiger partial charge is 0.295 e. The van der Waals surface area contributed by atoms with Crippen molar-refractivity contribution >= 4 is 63.2 Å². The van der Waals surface area contributed by atoms with Gasteiger partial charge in [-0.15, -0.1) is 0 Å². The zero-order valence-corrected chi connectivity index (χ0v) is 14.9. The number of fused-ring (bicyclic) bond motifs is 1. The second kappa shape index (κ2) is 6.78. The lowest BCUT2D eigenvalue weighted by molar-refractivity contribution is 0.0701. The molecule has 1 heterocycles. The molecule has 0 aliphatic rings. The topological polar surface area (TPSA) is 67.2 Å². The molecule has 0 saturated heterocycles. The molecular weight excluding hydrogens is 396 g/mol. The lowest BCUT2D eigenvalue weighted by Crippen LogP contribution is -2.19. The minimum atomic E-state index is -0.765. The molecule has 0 saturated carbocycles. The van der Waals surface area contributed by atoms with Gasteiger partial charge in [0.25, 0.3) is 5.91 Å². The molecule has 0 bridgehead atoms. The molecule has 124 valence electrons. The van der Waals surface area contributed by atoms with Crippen molar-refractivity contribution in [2.45, 2.75) is 6.54 Å². The predicted molar refractivity (Wildman–Crippen MR) is 94.6 cm³/mol. The molecule has 1 amide bonds. The number of hydroxylamine groups is 1. The van der Waals surface area contributed by atoms with Gasteiger partial charge in [0.05, 0.1) is 17.1 Å². The van der Waals surface area contributed by atoms with E-state index in [4.69, 9.17) is 51.6 Å².